The maximum Gasteiger partial charge on any atom is 0.281 e. The van der Waals surface area contributed by atoms with Crippen molar-refractivity contribution in [3.8, 4) is 0 Å². The average molecular weight is 324 g/mol. The molecule has 0 saturated heterocycles. The van der Waals surface area contributed by atoms with Crippen LogP contribution in [0.25, 0.3) is 0 Å². The molecule has 0 bridgehead atoms. The van der Waals surface area contributed by atoms with Crippen molar-refractivity contribution >= 4 is 27.5 Å². The molecule has 5 heteroatoms. The summed E-state index contributed by atoms with van der Waals surface area (Å²) in [7, 11) is 0. The number of rotatable bonds is 2. The largest absolute Gasteiger partial charge is 0.281 e. The highest BCUT2D eigenvalue weighted by Gasteiger charge is 2.19. The van der Waals surface area contributed by atoms with Crippen LogP contribution in [0.1, 0.15) is 15.9 Å². The van der Waals surface area contributed by atoms with E-state index < -0.39 is 11.7 Å². The molecule has 0 fully saturated rings. The molecule has 98 valence electrons. The summed E-state index contributed by atoms with van der Waals surface area (Å²) in [6.45, 7) is 1.68. The first kappa shape index (κ1) is 13.7. The minimum atomic E-state index is -0.610. The van der Waals surface area contributed by atoms with Crippen molar-refractivity contribution in [1.29, 1.82) is 0 Å². The molecule has 0 heterocycles. The highest BCUT2D eigenvalue weighted by atomic mass is 79.9. The van der Waals surface area contributed by atoms with Gasteiger partial charge in [0, 0.05) is 16.1 Å². The van der Waals surface area contributed by atoms with Crippen LogP contribution in [0.4, 0.5) is 10.1 Å². The molecule has 0 aliphatic rings. The molecule has 0 unspecified atom stereocenters. The Morgan fingerprint density at radius 2 is 1.89 bits per heavy atom. The molecule has 3 nitrogen and oxygen atoms in total. The van der Waals surface area contributed by atoms with Crippen molar-refractivity contribution in [2.24, 2.45) is 0 Å². The lowest BCUT2D eigenvalue weighted by Gasteiger charge is -2.18. The van der Waals surface area contributed by atoms with Crippen LogP contribution < -0.4 is 5.06 Å². The van der Waals surface area contributed by atoms with Gasteiger partial charge in [-0.25, -0.2) is 4.39 Å². The maximum absolute atomic E-state index is 13.4. The molecule has 0 aromatic heterocycles. The third kappa shape index (κ3) is 2.83. The molecule has 2 rings (SSSR count). The maximum atomic E-state index is 13.4. The minimum absolute atomic E-state index is 0.112. The zero-order valence-electron chi connectivity index (χ0n) is 10.1. The quantitative estimate of drug-likeness (QED) is 0.672. The third-order valence-corrected chi connectivity index (χ3v) is 3.55. The lowest BCUT2D eigenvalue weighted by atomic mass is 10.1. The molecule has 0 spiro atoms. The number of benzene rings is 2. The van der Waals surface area contributed by atoms with E-state index in [0.717, 1.165) is 6.07 Å². The normalized spacial score (nSPS) is 10.3. The summed E-state index contributed by atoms with van der Waals surface area (Å²) < 4.78 is 13.8. The van der Waals surface area contributed by atoms with E-state index in [1.807, 2.05) is 0 Å². The van der Waals surface area contributed by atoms with Crippen LogP contribution in [0.2, 0.25) is 0 Å². The summed E-state index contributed by atoms with van der Waals surface area (Å²) in [5.74, 6) is -1.14. The fourth-order valence-electron chi connectivity index (χ4n) is 1.66. The van der Waals surface area contributed by atoms with Crippen molar-refractivity contribution in [3.05, 3.63) is 63.9 Å². The molecule has 0 aliphatic heterocycles. The van der Waals surface area contributed by atoms with E-state index in [-0.39, 0.29) is 5.69 Å². The number of halogens is 2. The van der Waals surface area contributed by atoms with E-state index in [9.17, 15) is 14.4 Å². The van der Waals surface area contributed by atoms with Gasteiger partial charge in [0.05, 0.1) is 5.69 Å². The Hall–Kier alpha value is -1.72. The number of nitrogens with zero attached hydrogens (tertiary/aromatic N) is 1. The number of hydrogen-bond donors (Lipinski definition) is 1. The van der Waals surface area contributed by atoms with Gasteiger partial charge in [0.25, 0.3) is 5.91 Å². The van der Waals surface area contributed by atoms with Crippen LogP contribution in [0.5, 0.6) is 0 Å². The first-order valence-electron chi connectivity index (χ1n) is 5.54. The van der Waals surface area contributed by atoms with Gasteiger partial charge in [0.15, 0.2) is 0 Å². The number of carbonyl (C=O) groups excluding carboxylic acids is 1. The molecule has 1 N–H and O–H groups in total. The van der Waals surface area contributed by atoms with E-state index in [1.54, 1.807) is 37.3 Å². The van der Waals surface area contributed by atoms with Gasteiger partial charge >= 0.3 is 0 Å². The highest BCUT2D eigenvalue weighted by molar-refractivity contribution is 9.10. The van der Waals surface area contributed by atoms with Crippen LogP contribution >= 0.6 is 15.9 Å². The van der Waals surface area contributed by atoms with Gasteiger partial charge in [-0.15, -0.1) is 0 Å². The number of hydrogen-bond acceptors (Lipinski definition) is 2. The summed E-state index contributed by atoms with van der Waals surface area (Å²) in [5.41, 5.74) is 1.01. The predicted molar refractivity (Wildman–Crippen MR) is 73.9 cm³/mol. The topological polar surface area (TPSA) is 40.5 Å². The molecular formula is C14H11BrFNO2. The molecule has 0 aliphatic carbocycles. The Bertz CT molecular complexity index is 616. The summed E-state index contributed by atoms with van der Waals surface area (Å²) in [4.78, 5) is 12.1. The fraction of sp³-hybridized carbons (Fsp3) is 0.0714. The fourth-order valence-corrected chi connectivity index (χ4v) is 2.09. The molecule has 0 saturated carbocycles. The Morgan fingerprint density at radius 1 is 1.26 bits per heavy atom. The van der Waals surface area contributed by atoms with Crippen molar-refractivity contribution in [3.63, 3.8) is 0 Å². The van der Waals surface area contributed by atoms with Gasteiger partial charge in [0.2, 0.25) is 0 Å². The van der Waals surface area contributed by atoms with Gasteiger partial charge in [-0.1, -0.05) is 34.1 Å². The van der Waals surface area contributed by atoms with Gasteiger partial charge in [-0.05, 0) is 30.7 Å². The zero-order chi connectivity index (χ0) is 14.0. The first-order valence-corrected chi connectivity index (χ1v) is 6.34. The van der Waals surface area contributed by atoms with E-state index in [0.29, 0.717) is 20.7 Å². The molecule has 2 aromatic carbocycles. The van der Waals surface area contributed by atoms with E-state index in [2.05, 4.69) is 15.9 Å². The number of anilines is 1. The van der Waals surface area contributed by atoms with Gasteiger partial charge in [-0.3, -0.25) is 10.0 Å². The Morgan fingerprint density at radius 3 is 2.53 bits per heavy atom. The molecule has 19 heavy (non-hydrogen) atoms. The number of hydroxylamine groups is 1. The third-order valence-electron chi connectivity index (χ3n) is 2.72. The summed E-state index contributed by atoms with van der Waals surface area (Å²) >= 11 is 3.18. The van der Waals surface area contributed by atoms with E-state index in [4.69, 9.17) is 0 Å². The molecule has 0 radical (unpaired) electrons. The van der Waals surface area contributed by atoms with Crippen molar-refractivity contribution < 1.29 is 14.4 Å². The summed E-state index contributed by atoms with van der Waals surface area (Å²) in [5, 5.41) is 10.4. The van der Waals surface area contributed by atoms with Crippen LogP contribution in [0.15, 0.2) is 46.9 Å². The SMILES string of the molecule is Cc1c(Br)cc(F)cc1N(O)C(=O)c1ccccc1. The van der Waals surface area contributed by atoms with Crippen LogP contribution in [0.3, 0.4) is 0 Å². The summed E-state index contributed by atoms with van der Waals surface area (Å²) in [6.07, 6.45) is 0. The Kier molecular flexibility index (Phi) is 3.97. The molecule has 2 aromatic rings. The second-order valence-corrected chi connectivity index (χ2v) is 4.87. The average Bonchev–Trinajstić information content (AvgIpc) is 2.42. The minimum Gasteiger partial charge on any atom is -0.281 e. The van der Waals surface area contributed by atoms with Crippen LogP contribution in [-0.2, 0) is 0 Å². The molecule has 1 amide bonds. The number of amides is 1. The lowest BCUT2D eigenvalue weighted by Crippen LogP contribution is -2.27. The van der Waals surface area contributed by atoms with Gasteiger partial charge in [-0.2, -0.15) is 5.06 Å². The lowest BCUT2D eigenvalue weighted by molar-refractivity contribution is 0.0854. The highest BCUT2D eigenvalue weighted by Crippen LogP contribution is 2.28. The van der Waals surface area contributed by atoms with Crippen molar-refractivity contribution in [2.75, 3.05) is 5.06 Å². The Labute approximate surface area is 118 Å². The van der Waals surface area contributed by atoms with Crippen LogP contribution in [0, 0.1) is 12.7 Å². The van der Waals surface area contributed by atoms with Crippen molar-refractivity contribution in [1.82, 2.24) is 0 Å². The van der Waals surface area contributed by atoms with E-state index >= 15 is 0 Å². The second-order valence-electron chi connectivity index (χ2n) is 4.01. The summed E-state index contributed by atoms with van der Waals surface area (Å²) in [6, 6.07) is 10.7. The van der Waals surface area contributed by atoms with E-state index in [1.165, 1.54) is 6.07 Å². The molecule has 0 atom stereocenters. The number of carbonyl (C=O) groups is 1. The smallest absolute Gasteiger partial charge is 0.281 e. The first-order chi connectivity index (χ1) is 9.00. The monoisotopic (exact) mass is 323 g/mol. The zero-order valence-corrected chi connectivity index (χ0v) is 11.7. The molecular weight excluding hydrogens is 313 g/mol. The van der Waals surface area contributed by atoms with Crippen molar-refractivity contribution in [2.45, 2.75) is 6.92 Å². The predicted octanol–water partition coefficient (Wildman–Crippen LogP) is 3.93. The second kappa shape index (κ2) is 5.50. The Balaban J connectivity index is 2.40. The standard InChI is InChI=1S/C14H11BrFNO2/c1-9-12(15)7-11(16)8-13(9)17(19)14(18)10-5-3-2-4-6-10/h2-8,19H,1H3. The van der Waals surface area contributed by atoms with Gasteiger partial charge < -0.3 is 0 Å². The van der Waals surface area contributed by atoms with Crippen LogP contribution in [-0.4, -0.2) is 11.1 Å². The van der Waals surface area contributed by atoms with Gasteiger partial charge in [0.1, 0.15) is 5.82 Å².